The molecule has 0 fully saturated rings. The zero-order chi connectivity index (χ0) is 6.12. The molecule has 0 aliphatic heterocycles. The van der Waals surface area contributed by atoms with Gasteiger partial charge in [-0.2, -0.15) is 9.59 Å². The van der Waals surface area contributed by atoms with Crippen molar-refractivity contribution < 1.29 is 31.4 Å². The molecule has 0 atom stereocenters. The summed E-state index contributed by atoms with van der Waals surface area (Å²) >= 11 is 0. The third kappa shape index (κ3) is 1280. The predicted molar refractivity (Wildman–Crippen MR) is 20.5 cm³/mol. The van der Waals surface area contributed by atoms with Crippen LogP contribution in [-0.4, -0.2) is 23.4 Å². The van der Waals surface area contributed by atoms with Gasteiger partial charge in [0.15, 0.2) is 0 Å². The van der Waals surface area contributed by atoms with Crippen LogP contribution in [0.25, 0.3) is 0 Å². The van der Waals surface area contributed by atoms with Crippen LogP contribution in [0, 0.1) is 0 Å². The Morgan fingerprint density at radius 1 is 1.62 bits per heavy atom. The zero-order valence-corrected chi connectivity index (χ0v) is 3.66. The van der Waals surface area contributed by atoms with Crippen LogP contribution in [0.15, 0.2) is 0 Å². The molecule has 0 aliphatic rings. The van der Waals surface area contributed by atoms with Crippen molar-refractivity contribution in [3.8, 4) is 0 Å². The second kappa shape index (κ2) is 41.9. The van der Waals surface area contributed by atoms with Crippen molar-refractivity contribution in [2.45, 2.75) is 0 Å². The van der Waals surface area contributed by atoms with Gasteiger partial charge in [-0.15, -0.1) is 0 Å². The molecule has 0 saturated carbocycles. The maximum absolute atomic E-state index is 8.70. The molecule has 0 radical (unpaired) electrons. The fraction of sp³-hybridized carbons (Fsp3) is 0. The van der Waals surface area contributed by atoms with Gasteiger partial charge in [0.2, 0.25) is 0 Å². The molecule has 0 unspecified atom stereocenters. The summed E-state index contributed by atoms with van der Waals surface area (Å²) in [5.74, 6) is 0. The highest BCUT2D eigenvalue weighted by Crippen LogP contribution is 1.33. The summed E-state index contributed by atoms with van der Waals surface area (Å²) in [7, 11) is 0. The van der Waals surface area contributed by atoms with E-state index in [1.165, 1.54) is 0 Å². The van der Waals surface area contributed by atoms with Crippen LogP contribution < -0.4 is 0 Å². The molecule has 0 aromatic carbocycles. The lowest BCUT2D eigenvalue weighted by molar-refractivity contribution is -0.217. The highest BCUT2D eigenvalue weighted by Gasteiger charge is 1.47. The Morgan fingerprint density at radius 3 is 1.75 bits per heavy atom. The average molecular weight is 126 g/mol. The Hall–Kier alpha value is -1.23. The number of carbonyl (C=O) groups excluding carboxylic acids is 3. The molecule has 8 heavy (non-hydrogen) atoms. The maximum Gasteiger partial charge on any atom is 0.373 e. The minimum atomic E-state index is -0.0694. The van der Waals surface area contributed by atoms with Gasteiger partial charge in [0.1, 0.15) is 0 Å². The number of hydrogen-bond acceptors (Lipinski definition) is 5. The van der Waals surface area contributed by atoms with E-state index in [0.29, 0.717) is 0 Å². The van der Waals surface area contributed by atoms with Gasteiger partial charge in [-0.25, -0.2) is 5.26 Å². The summed E-state index contributed by atoms with van der Waals surface area (Å²) in [6, 6.07) is 0. The summed E-state index contributed by atoms with van der Waals surface area (Å²) in [6.45, 7) is -0.0694. The van der Waals surface area contributed by atoms with E-state index >= 15 is 0 Å². The SMILES string of the molecule is O.O=C=O.O=COO.[HH]. The van der Waals surface area contributed by atoms with Gasteiger partial charge in [0.05, 0.1) is 0 Å². The van der Waals surface area contributed by atoms with E-state index in [2.05, 4.69) is 4.89 Å². The van der Waals surface area contributed by atoms with Crippen LogP contribution in [0.1, 0.15) is 1.43 Å². The first-order valence-electron chi connectivity index (χ1n) is 1.06. The largest absolute Gasteiger partial charge is 0.412 e. The second-order valence-electron chi connectivity index (χ2n) is 0.285. The molecule has 0 rings (SSSR count). The number of rotatable bonds is 1. The van der Waals surface area contributed by atoms with E-state index in [-0.39, 0.29) is 19.5 Å². The number of hydrogen-bond donors (Lipinski definition) is 1. The first-order chi connectivity index (χ1) is 3.33. The standard InChI is InChI=1S/CH2O3.CO2.H2O.H2/c2-1-4-3;2-1-3;;/h1,3H;;1H2;1H. The van der Waals surface area contributed by atoms with Gasteiger partial charge >= 0.3 is 12.6 Å². The molecular weight excluding hydrogens is 120 g/mol. The van der Waals surface area contributed by atoms with Crippen LogP contribution in [0.2, 0.25) is 0 Å². The van der Waals surface area contributed by atoms with Crippen molar-refractivity contribution in [2.24, 2.45) is 0 Å². The maximum atomic E-state index is 8.70. The summed E-state index contributed by atoms with van der Waals surface area (Å²) in [5, 5.41) is 7.01. The summed E-state index contributed by atoms with van der Waals surface area (Å²) in [6.07, 6.45) is 0.250. The molecule has 0 aromatic heterocycles. The van der Waals surface area contributed by atoms with Crippen LogP contribution >= 0.6 is 0 Å². The van der Waals surface area contributed by atoms with Crippen molar-refractivity contribution in [2.75, 3.05) is 0 Å². The van der Waals surface area contributed by atoms with E-state index in [0.717, 1.165) is 0 Å². The van der Waals surface area contributed by atoms with E-state index in [1.807, 2.05) is 0 Å². The lowest BCUT2D eigenvalue weighted by atomic mass is 11.7. The fourth-order valence-electron chi connectivity index (χ4n) is 0. The predicted octanol–water partition coefficient (Wildman–Crippen LogP) is -1.53. The molecular formula is C2H6O6. The van der Waals surface area contributed by atoms with Crippen LogP contribution in [0.3, 0.4) is 0 Å². The third-order valence-corrected chi connectivity index (χ3v) is 0.0430. The molecule has 0 heterocycles. The number of carbonyl (C=O) groups is 1. The monoisotopic (exact) mass is 126 g/mol. The molecule has 0 saturated heterocycles. The quantitative estimate of drug-likeness (QED) is 0.260. The summed E-state index contributed by atoms with van der Waals surface area (Å²) in [4.78, 5) is 27.8. The molecule has 0 bridgehead atoms. The van der Waals surface area contributed by atoms with Crippen molar-refractivity contribution >= 4 is 12.6 Å². The minimum absolute atomic E-state index is 0. The summed E-state index contributed by atoms with van der Waals surface area (Å²) < 4.78 is 0. The normalized spacial score (nSPS) is 3.62. The molecule has 50 valence electrons. The van der Waals surface area contributed by atoms with E-state index in [4.69, 9.17) is 19.6 Å². The molecule has 0 amide bonds. The highest BCUT2D eigenvalue weighted by molar-refractivity contribution is 5.35. The van der Waals surface area contributed by atoms with Crippen LogP contribution in [-0.2, 0) is 19.3 Å². The van der Waals surface area contributed by atoms with Gasteiger partial charge in [-0.1, -0.05) is 0 Å². The smallest absolute Gasteiger partial charge is 0.373 e. The molecule has 6 nitrogen and oxygen atoms in total. The van der Waals surface area contributed by atoms with E-state index < -0.39 is 0 Å². The van der Waals surface area contributed by atoms with Crippen molar-refractivity contribution in [1.82, 2.24) is 0 Å². The van der Waals surface area contributed by atoms with Gasteiger partial charge in [0.25, 0.3) is 0 Å². The van der Waals surface area contributed by atoms with Crippen molar-refractivity contribution in [1.29, 1.82) is 0 Å². The first kappa shape index (κ1) is 15.9. The van der Waals surface area contributed by atoms with Crippen LogP contribution in [0.5, 0.6) is 0 Å². The Labute approximate surface area is 45.4 Å². The topological polar surface area (TPSA) is 112 Å². The zero-order valence-electron chi connectivity index (χ0n) is 3.66. The first-order valence-corrected chi connectivity index (χ1v) is 1.06. The lowest BCUT2D eigenvalue weighted by Gasteiger charge is -1.63. The van der Waals surface area contributed by atoms with Gasteiger partial charge in [-0.05, 0) is 0 Å². The van der Waals surface area contributed by atoms with Gasteiger partial charge in [-0.3, -0.25) is 4.79 Å². The molecule has 0 aromatic rings. The Balaban J connectivity index is -0.0000000233. The fourth-order valence-corrected chi connectivity index (χ4v) is 0. The van der Waals surface area contributed by atoms with E-state index in [9.17, 15) is 0 Å². The molecule has 0 spiro atoms. The molecule has 0 aliphatic carbocycles. The average Bonchev–Trinajstić information content (AvgIpc) is 1.69. The van der Waals surface area contributed by atoms with Gasteiger partial charge in [0, 0.05) is 1.43 Å². The van der Waals surface area contributed by atoms with Crippen molar-refractivity contribution in [3.05, 3.63) is 0 Å². The molecule has 6 heteroatoms. The minimum Gasteiger partial charge on any atom is -0.412 e. The summed E-state index contributed by atoms with van der Waals surface area (Å²) in [5.41, 5.74) is 0. The highest BCUT2D eigenvalue weighted by atomic mass is 17.1. The Kier molecular flexibility index (Phi) is 83.1. The molecule has 3 N–H and O–H groups in total. The lowest BCUT2D eigenvalue weighted by Crippen LogP contribution is -1.69. The van der Waals surface area contributed by atoms with E-state index in [1.54, 1.807) is 0 Å². The van der Waals surface area contributed by atoms with Gasteiger partial charge < -0.3 is 10.4 Å². The second-order valence-corrected chi connectivity index (χ2v) is 0.285. The third-order valence-electron chi connectivity index (χ3n) is 0.0430. The Morgan fingerprint density at radius 2 is 1.75 bits per heavy atom. The van der Waals surface area contributed by atoms with Crippen molar-refractivity contribution in [3.63, 3.8) is 0 Å². The Bertz CT molecular complexity index is 65.5. The van der Waals surface area contributed by atoms with Crippen LogP contribution in [0.4, 0.5) is 0 Å².